The topological polar surface area (TPSA) is 226 Å². The monoisotopic (exact) mass is 758 g/mol. The lowest BCUT2D eigenvalue weighted by molar-refractivity contribution is -0.158. The smallest absolute Gasteiger partial charge is 0.351 e. The van der Waals surface area contributed by atoms with E-state index >= 15 is 0 Å². The Labute approximate surface area is 293 Å². The van der Waals surface area contributed by atoms with Gasteiger partial charge in [0.1, 0.15) is 35.6 Å². The summed E-state index contributed by atoms with van der Waals surface area (Å²) < 4.78 is 68.2. The highest BCUT2D eigenvalue weighted by Crippen LogP contribution is 2.52. The molecule has 2 aromatic rings. The van der Waals surface area contributed by atoms with Crippen molar-refractivity contribution in [3.63, 3.8) is 0 Å². The Morgan fingerprint density at radius 1 is 1.10 bits per heavy atom. The molecule has 274 valence electrons. The van der Waals surface area contributed by atoms with E-state index in [1.807, 2.05) is 0 Å². The fourth-order valence-corrected chi connectivity index (χ4v) is 10.5. The average molecular weight is 759 g/mol. The van der Waals surface area contributed by atoms with Crippen molar-refractivity contribution in [2.24, 2.45) is 10.8 Å². The van der Waals surface area contributed by atoms with Crippen LogP contribution in [0.2, 0.25) is 5.15 Å². The van der Waals surface area contributed by atoms with Crippen LogP contribution in [0, 0.1) is 22.2 Å². The van der Waals surface area contributed by atoms with Crippen LogP contribution in [0.15, 0.2) is 12.3 Å². The summed E-state index contributed by atoms with van der Waals surface area (Å²) in [5.74, 6) is -2.14. The minimum Gasteiger partial charge on any atom is -0.438 e. The molecule has 4 atom stereocenters. The number of nitrogens with zero attached hydrogens (tertiary/aromatic N) is 3. The third kappa shape index (κ3) is 7.83. The van der Waals surface area contributed by atoms with E-state index in [2.05, 4.69) is 16.4 Å². The number of esters is 2. The first-order valence-corrected chi connectivity index (χ1v) is 20.3. The Kier molecular flexibility index (Phi) is 10.3. The van der Waals surface area contributed by atoms with Gasteiger partial charge in [-0.2, -0.15) is 5.26 Å². The molecule has 1 saturated heterocycles. The minimum absolute atomic E-state index is 0.0859. The largest absolute Gasteiger partial charge is 0.438 e. The summed E-state index contributed by atoms with van der Waals surface area (Å²) in [5.41, 5.74) is -1.77. The number of nitriles is 1. The van der Waals surface area contributed by atoms with Gasteiger partial charge in [0.05, 0.1) is 22.3 Å². The zero-order valence-electron chi connectivity index (χ0n) is 27.6. The Morgan fingerprint density at radius 3 is 2.22 bits per heavy atom. The molecule has 1 aliphatic heterocycles. The van der Waals surface area contributed by atoms with E-state index in [4.69, 9.17) is 34.9 Å². The second kappa shape index (κ2) is 14.0. The van der Waals surface area contributed by atoms with Gasteiger partial charge in [-0.25, -0.2) is 13.4 Å². The van der Waals surface area contributed by atoms with Gasteiger partial charge in [-0.05, 0) is 58.4 Å². The lowest BCUT2D eigenvalue weighted by atomic mass is 10.1. The number of sulfone groups is 1. The molecular formula is C31H40ClN4O12PS. The predicted molar refractivity (Wildman–Crippen MR) is 176 cm³/mol. The quantitative estimate of drug-likeness (QED) is 0.102. The molecule has 0 unspecified atom stereocenters. The van der Waals surface area contributed by atoms with Crippen LogP contribution in [0.3, 0.4) is 0 Å². The molecule has 2 aromatic heterocycles. The highest BCUT2D eigenvalue weighted by Gasteiger charge is 2.49. The van der Waals surface area contributed by atoms with Gasteiger partial charge >= 0.3 is 19.5 Å². The number of carbonyl (C=O) groups is 2. The summed E-state index contributed by atoms with van der Waals surface area (Å²) in [7, 11) is -9.11. The first kappa shape index (κ1) is 37.0. The third-order valence-electron chi connectivity index (χ3n) is 9.88. The molecule has 3 heterocycles. The van der Waals surface area contributed by atoms with Gasteiger partial charge in [-0.15, -0.1) is 0 Å². The van der Waals surface area contributed by atoms with E-state index < -0.39 is 89.6 Å². The summed E-state index contributed by atoms with van der Waals surface area (Å²) >= 11 is 6.40. The zero-order chi connectivity index (χ0) is 36.1. The first-order valence-electron chi connectivity index (χ1n) is 16.4. The second-order valence-electron chi connectivity index (χ2n) is 14.0. The fourth-order valence-electron chi connectivity index (χ4n) is 6.07. The van der Waals surface area contributed by atoms with Crippen LogP contribution in [0.1, 0.15) is 77.0 Å². The van der Waals surface area contributed by atoms with Crippen molar-refractivity contribution in [1.82, 2.24) is 9.55 Å². The molecule has 4 fully saturated rings. The van der Waals surface area contributed by atoms with Crippen LogP contribution in [0.25, 0.3) is 11.0 Å². The number of ether oxygens (including phenoxy) is 3. The molecule has 0 bridgehead atoms. The summed E-state index contributed by atoms with van der Waals surface area (Å²) in [6.45, 7) is 1.61. The molecule has 19 heteroatoms. The number of hydrogen-bond donors (Lipinski definition) is 3. The molecule has 3 N–H and O–H groups in total. The molecular weight excluding hydrogens is 719 g/mol. The molecule has 0 aromatic carbocycles. The Bertz CT molecular complexity index is 1810. The average Bonchev–Trinajstić information content (AvgIpc) is 3.82. The van der Waals surface area contributed by atoms with Gasteiger partial charge < -0.3 is 34.3 Å². The zero-order valence-corrected chi connectivity index (χ0v) is 30.0. The number of pyridine rings is 1. The van der Waals surface area contributed by atoms with Crippen LogP contribution in [0.4, 0.5) is 5.69 Å². The summed E-state index contributed by atoms with van der Waals surface area (Å²) in [4.78, 5) is 28.9. The van der Waals surface area contributed by atoms with E-state index in [9.17, 15) is 38.0 Å². The normalized spacial score (nSPS) is 25.7. The maximum atomic E-state index is 13.7. The molecule has 6 rings (SSSR count). The molecule has 3 saturated carbocycles. The summed E-state index contributed by atoms with van der Waals surface area (Å²) in [6.07, 6.45) is 1.67. The number of anilines is 1. The van der Waals surface area contributed by atoms with Crippen molar-refractivity contribution in [3.05, 3.63) is 23.0 Å². The first-order chi connectivity index (χ1) is 23.6. The van der Waals surface area contributed by atoms with Crippen LogP contribution < -0.4 is 5.32 Å². The SMILES string of the molecule is CC1(C(=O)OCOP(=O)(CS(=O)(=O)C[C@H]2O[C@@H](n3ccc4c(NC5CCCC5)c(C#N)c(Cl)nc43)[C@H](O)[C@@H]2O)OCOC(=O)C2(C)CC2)CC1. The molecule has 0 amide bonds. The van der Waals surface area contributed by atoms with Crippen LogP contribution in [-0.4, -0.2) is 89.3 Å². The third-order valence-corrected chi connectivity index (χ3v) is 14.8. The number of aromatic nitrogens is 2. The van der Waals surface area contributed by atoms with Crippen LogP contribution in [0.5, 0.6) is 0 Å². The fraction of sp³-hybridized carbons (Fsp3) is 0.677. The van der Waals surface area contributed by atoms with Crippen molar-refractivity contribution in [3.8, 4) is 6.07 Å². The Morgan fingerprint density at radius 2 is 1.68 bits per heavy atom. The number of hydrogen-bond acceptors (Lipinski definition) is 15. The number of rotatable bonds is 15. The minimum atomic E-state index is -4.64. The van der Waals surface area contributed by atoms with E-state index in [0.717, 1.165) is 25.7 Å². The van der Waals surface area contributed by atoms with Gasteiger partial charge in [0.15, 0.2) is 26.7 Å². The highest BCUT2D eigenvalue weighted by molar-refractivity contribution is 7.97. The molecule has 3 aliphatic carbocycles. The van der Waals surface area contributed by atoms with E-state index in [1.165, 1.54) is 10.8 Å². The number of fused-ring (bicyclic) bond motifs is 1. The van der Waals surface area contributed by atoms with Crippen molar-refractivity contribution < 1.29 is 56.0 Å². The maximum absolute atomic E-state index is 13.7. The lowest BCUT2D eigenvalue weighted by Gasteiger charge is -2.21. The van der Waals surface area contributed by atoms with E-state index in [1.54, 1.807) is 19.9 Å². The van der Waals surface area contributed by atoms with Crippen LogP contribution >= 0.6 is 19.2 Å². The predicted octanol–water partition coefficient (Wildman–Crippen LogP) is 3.74. The van der Waals surface area contributed by atoms with Gasteiger partial charge in [0, 0.05) is 17.6 Å². The van der Waals surface area contributed by atoms with Gasteiger partial charge in [-0.1, -0.05) is 24.4 Å². The Balaban J connectivity index is 1.16. The molecule has 4 aliphatic rings. The molecule has 0 radical (unpaired) electrons. The Hall–Kier alpha value is -2.81. The molecule has 16 nitrogen and oxygen atoms in total. The van der Waals surface area contributed by atoms with Gasteiger partial charge in [0.2, 0.25) is 13.6 Å². The number of nitrogens with one attached hydrogen (secondary N) is 1. The standard InChI is InChI=1S/C31H40ClN4O12PS/c1-30(8-9-30)28(39)44-15-46-49(41,47-16-45-29(40)31(2)10-11-31)17-50(42,43)14-21-23(37)24(38)27(48-21)36-12-7-19-22(34-18-5-3-4-6-18)20(13-33)25(32)35-26(19)36/h7,12,18,21,23-24,27,37-38H,3-6,8-11,14-17H2,1-2H3,(H,34,35)/t21-,23-,24-,27-/m1/s1. The maximum Gasteiger partial charge on any atom is 0.351 e. The van der Waals surface area contributed by atoms with E-state index in [0.29, 0.717) is 36.8 Å². The number of carbonyl (C=O) groups excluding carboxylic acids is 2. The van der Waals surface area contributed by atoms with Crippen molar-refractivity contribution in [1.29, 1.82) is 5.26 Å². The van der Waals surface area contributed by atoms with Crippen molar-refractivity contribution in [2.75, 3.05) is 30.1 Å². The highest BCUT2D eigenvalue weighted by atomic mass is 35.5. The number of halogens is 1. The van der Waals surface area contributed by atoms with Crippen molar-refractivity contribution in [2.45, 2.75) is 95.8 Å². The van der Waals surface area contributed by atoms with E-state index in [-0.39, 0.29) is 22.4 Å². The second-order valence-corrected chi connectivity index (χ2v) is 19.0. The van der Waals surface area contributed by atoms with Crippen LogP contribution in [-0.2, 0) is 47.2 Å². The summed E-state index contributed by atoms with van der Waals surface area (Å²) in [6, 6.07) is 3.87. The summed E-state index contributed by atoms with van der Waals surface area (Å²) in [5, 5.41) is 35.6. The van der Waals surface area contributed by atoms with Crippen molar-refractivity contribution >= 4 is 57.7 Å². The van der Waals surface area contributed by atoms with Gasteiger partial charge in [0.25, 0.3) is 0 Å². The molecule has 0 spiro atoms. The lowest BCUT2D eigenvalue weighted by Crippen LogP contribution is -2.36. The number of aliphatic hydroxyl groups is 2. The van der Waals surface area contributed by atoms with Gasteiger partial charge in [-0.3, -0.25) is 23.2 Å². The molecule has 50 heavy (non-hydrogen) atoms. The number of aliphatic hydroxyl groups excluding tert-OH is 2.